The average Bonchev–Trinajstić information content (AvgIpc) is 2.83. The topological polar surface area (TPSA) is 57.5 Å². The molecule has 2 N–H and O–H groups in total. The Morgan fingerprint density at radius 1 is 1.50 bits per heavy atom. The predicted molar refractivity (Wildman–Crippen MR) is 54.3 cm³/mol. The van der Waals surface area contributed by atoms with Gasteiger partial charge in [0.2, 0.25) is 0 Å². The second-order valence-electron chi connectivity index (χ2n) is 3.46. The Labute approximate surface area is 89.5 Å². The number of hydrogen-bond acceptors (Lipinski definition) is 2. The van der Waals surface area contributed by atoms with E-state index in [0.717, 1.165) is 10.0 Å². The van der Waals surface area contributed by atoms with Crippen LogP contribution in [0.1, 0.15) is 17.9 Å². The highest BCUT2D eigenvalue weighted by Gasteiger charge is 2.46. The molecule has 3 nitrogen and oxygen atoms in total. The van der Waals surface area contributed by atoms with Gasteiger partial charge in [-0.1, -0.05) is 22.0 Å². The van der Waals surface area contributed by atoms with Gasteiger partial charge in [0.25, 0.3) is 0 Å². The van der Waals surface area contributed by atoms with Crippen LogP contribution in [0.25, 0.3) is 0 Å². The molecule has 1 aliphatic carbocycles. The first-order chi connectivity index (χ1) is 6.61. The maximum Gasteiger partial charge on any atom is 0.307 e. The molecule has 0 bridgehead atoms. The minimum Gasteiger partial charge on any atom is -0.508 e. The number of aliphatic carboxylic acids is 1. The maximum absolute atomic E-state index is 10.7. The molecule has 0 spiro atoms. The van der Waals surface area contributed by atoms with E-state index in [1.54, 1.807) is 12.1 Å². The first-order valence-electron chi connectivity index (χ1n) is 4.31. The summed E-state index contributed by atoms with van der Waals surface area (Å²) in [5.74, 6) is -0.985. The van der Waals surface area contributed by atoms with E-state index in [1.807, 2.05) is 6.07 Å². The third-order valence-corrected chi connectivity index (χ3v) is 3.20. The van der Waals surface area contributed by atoms with E-state index in [1.165, 1.54) is 0 Å². The van der Waals surface area contributed by atoms with Crippen molar-refractivity contribution >= 4 is 21.9 Å². The zero-order chi connectivity index (χ0) is 10.3. The average molecular weight is 257 g/mol. The Kier molecular flexibility index (Phi) is 2.23. The summed E-state index contributed by atoms with van der Waals surface area (Å²) in [5, 5.41) is 18.3. The molecule has 1 aromatic carbocycles. The molecule has 2 rings (SSSR count). The van der Waals surface area contributed by atoms with Crippen LogP contribution < -0.4 is 0 Å². The van der Waals surface area contributed by atoms with Crippen LogP contribution in [0.3, 0.4) is 0 Å². The fourth-order valence-corrected chi connectivity index (χ4v) is 2.33. The van der Waals surface area contributed by atoms with Gasteiger partial charge in [0.15, 0.2) is 0 Å². The lowest BCUT2D eigenvalue weighted by Crippen LogP contribution is -1.99. The van der Waals surface area contributed by atoms with Gasteiger partial charge < -0.3 is 10.2 Å². The first kappa shape index (κ1) is 9.52. The SMILES string of the molecule is O=C(O)C1CC1c1c(O)cccc1Br. The van der Waals surface area contributed by atoms with E-state index in [2.05, 4.69) is 15.9 Å². The van der Waals surface area contributed by atoms with Gasteiger partial charge in [-0.3, -0.25) is 4.79 Å². The molecule has 0 saturated heterocycles. The van der Waals surface area contributed by atoms with E-state index >= 15 is 0 Å². The molecule has 74 valence electrons. The Balaban J connectivity index is 2.31. The maximum atomic E-state index is 10.7. The Morgan fingerprint density at radius 3 is 2.71 bits per heavy atom. The van der Waals surface area contributed by atoms with Crippen molar-refractivity contribution in [3.8, 4) is 5.75 Å². The Morgan fingerprint density at radius 2 is 2.21 bits per heavy atom. The van der Waals surface area contributed by atoms with Crippen LogP contribution in [0.15, 0.2) is 22.7 Å². The van der Waals surface area contributed by atoms with Crippen molar-refractivity contribution in [1.29, 1.82) is 0 Å². The second kappa shape index (κ2) is 3.28. The lowest BCUT2D eigenvalue weighted by molar-refractivity contribution is -0.138. The fraction of sp³-hybridized carbons (Fsp3) is 0.300. The lowest BCUT2D eigenvalue weighted by Gasteiger charge is -2.04. The normalized spacial score (nSPS) is 24.6. The molecule has 0 aliphatic heterocycles. The molecule has 14 heavy (non-hydrogen) atoms. The quantitative estimate of drug-likeness (QED) is 0.854. The van der Waals surface area contributed by atoms with Gasteiger partial charge in [-0.05, 0) is 18.6 Å². The van der Waals surface area contributed by atoms with Crippen LogP contribution in [0, 0.1) is 5.92 Å². The summed E-state index contributed by atoms with van der Waals surface area (Å²) < 4.78 is 0.784. The number of phenolic OH excluding ortho intramolecular Hbond substituents is 1. The van der Waals surface area contributed by atoms with Crippen LogP contribution in [0.5, 0.6) is 5.75 Å². The van der Waals surface area contributed by atoms with Gasteiger partial charge in [0, 0.05) is 16.0 Å². The molecule has 0 radical (unpaired) electrons. The van der Waals surface area contributed by atoms with E-state index in [-0.39, 0.29) is 17.6 Å². The minimum atomic E-state index is -0.787. The van der Waals surface area contributed by atoms with Crippen molar-refractivity contribution in [2.75, 3.05) is 0 Å². The predicted octanol–water partition coefficient (Wildman–Crippen LogP) is 2.34. The van der Waals surface area contributed by atoms with Crippen molar-refractivity contribution in [3.63, 3.8) is 0 Å². The van der Waals surface area contributed by atoms with Crippen LogP contribution in [0.4, 0.5) is 0 Å². The van der Waals surface area contributed by atoms with Crippen LogP contribution in [-0.4, -0.2) is 16.2 Å². The molecule has 1 aromatic rings. The molecule has 1 aliphatic rings. The highest BCUT2D eigenvalue weighted by molar-refractivity contribution is 9.10. The van der Waals surface area contributed by atoms with Gasteiger partial charge in [-0.2, -0.15) is 0 Å². The third kappa shape index (κ3) is 1.50. The zero-order valence-corrected chi connectivity index (χ0v) is 8.86. The highest BCUT2D eigenvalue weighted by atomic mass is 79.9. The smallest absolute Gasteiger partial charge is 0.307 e. The summed E-state index contributed by atoms with van der Waals surface area (Å²) >= 11 is 3.31. The highest BCUT2D eigenvalue weighted by Crippen LogP contribution is 2.52. The number of benzene rings is 1. The van der Waals surface area contributed by atoms with Gasteiger partial charge in [0.1, 0.15) is 5.75 Å². The number of phenols is 1. The number of carboxylic acid groups (broad SMARTS) is 1. The first-order valence-corrected chi connectivity index (χ1v) is 5.10. The molecular formula is C10H9BrO3. The van der Waals surface area contributed by atoms with E-state index < -0.39 is 5.97 Å². The Hall–Kier alpha value is -1.03. The third-order valence-electron chi connectivity index (χ3n) is 2.51. The summed E-state index contributed by atoms with van der Waals surface area (Å²) in [6, 6.07) is 5.12. The van der Waals surface area contributed by atoms with Gasteiger partial charge in [-0.25, -0.2) is 0 Å². The molecule has 0 heterocycles. The van der Waals surface area contributed by atoms with Crippen molar-refractivity contribution in [2.24, 2.45) is 5.92 Å². The Bertz CT molecular complexity index is 369. The summed E-state index contributed by atoms with van der Waals surface area (Å²) in [6.07, 6.45) is 0.617. The van der Waals surface area contributed by atoms with E-state index in [0.29, 0.717) is 6.42 Å². The van der Waals surface area contributed by atoms with E-state index in [4.69, 9.17) is 5.11 Å². The summed E-state index contributed by atoms with van der Waals surface area (Å²) in [5.41, 5.74) is 0.722. The zero-order valence-electron chi connectivity index (χ0n) is 7.27. The second-order valence-corrected chi connectivity index (χ2v) is 4.31. The van der Waals surface area contributed by atoms with E-state index in [9.17, 15) is 9.90 Å². The van der Waals surface area contributed by atoms with Gasteiger partial charge >= 0.3 is 5.97 Å². The molecule has 2 atom stereocenters. The number of carboxylic acids is 1. The summed E-state index contributed by atoms with van der Waals surface area (Å²) in [4.78, 5) is 10.7. The number of hydrogen-bond donors (Lipinski definition) is 2. The number of halogens is 1. The lowest BCUT2D eigenvalue weighted by atomic mass is 10.1. The number of aromatic hydroxyl groups is 1. The number of carbonyl (C=O) groups is 1. The molecule has 0 amide bonds. The van der Waals surface area contributed by atoms with Gasteiger partial charge in [0.05, 0.1) is 5.92 Å². The summed E-state index contributed by atoms with van der Waals surface area (Å²) in [7, 11) is 0. The standard InChI is InChI=1S/C10H9BrO3/c11-7-2-1-3-8(12)9(7)5-4-6(5)10(13)14/h1-3,5-6,12H,4H2,(H,13,14). The van der Waals surface area contributed by atoms with Crippen molar-refractivity contribution in [2.45, 2.75) is 12.3 Å². The molecule has 1 fully saturated rings. The van der Waals surface area contributed by atoms with Crippen molar-refractivity contribution in [1.82, 2.24) is 0 Å². The summed E-state index contributed by atoms with van der Waals surface area (Å²) in [6.45, 7) is 0. The fourth-order valence-electron chi connectivity index (χ4n) is 1.68. The monoisotopic (exact) mass is 256 g/mol. The largest absolute Gasteiger partial charge is 0.508 e. The molecular weight excluding hydrogens is 248 g/mol. The minimum absolute atomic E-state index is 0.0388. The number of rotatable bonds is 2. The van der Waals surface area contributed by atoms with Crippen LogP contribution in [-0.2, 0) is 4.79 Å². The molecule has 0 aromatic heterocycles. The molecule has 2 unspecified atom stereocenters. The molecule has 4 heteroatoms. The van der Waals surface area contributed by atoms with Crippen molar-refractivity contribution < 1.29 is 15.0 Å². The van der Waals surface area contributed by atoms with Crippen LogP contribution in [0.2, 0.25) is 0 Å². The molecule has 1 saturated carbocycles. The van der Waals surface area contributed by atoms with Crippen molar-refractivity contribution in [3.05, 3.63) is 28.2 Å². The van der Waals surface area contributed by atoms with Crippen LogP contribution >= 0.6 is 15.9 Å². The van der Waals surface area contributed by atoms with Gasteiger partial charge in [-0.15, -0.1) is 0 Å².